The van der Waals surface area contributed by atoms with Crippen molar-refractivity contribution >= 4 is 5.97 Å². The number of rotatable bonds is 7. The molecule has 0 amide bonds. The largest absolute Gasteiger partial charge is 0.481 e. The lowest BCUT2D eigenvalue weighted by Crippen LogP contribution is -2.32. The van der Waals surface area contributed by atoms with Crippen molar-refractivity contribution in [3.8, 4) is 0 Å². The van der Waals surface area contributed by atoms with Gasteiger partial charge in [0.2, 0.25) is 0 Å². The van der Waals surface area contributed by atoms with Crippen molar-refractivity contribution in [1.82, 2.24) is 10.1 Å². The summed E-state index contributed by atoms with van der Waals surface area (Å²) in [6, 6.07) is 0. The van der Waals surface area contributed by atoms with Crippen LogP contribution in [0.1, 0.15) is 23.9 Å². The molecule has 5 heteroatoms. The fourth-order valence-electron chi connectivity index (χ4n) is 1.80. The number of hydrogen-bond acceptors (Lipinski definition) is 4. The van der Waals surface area contributed by atoms with Gasteiger partial charge in [-0.3, -0.25) is 9.69 Å². The molecular weight excluding hydrogens is 232 g/mol. The fraction of sp³-hybridized carbons (Fsp3) is 0.538. The number of carboxylic acids is 1. The lowest BCUT2D eigenvalue weighted by atomic mass is 10.1. The highest BCUT2D eigenvalue weighted by Gasteiger charge is 2.18. The zero-order valence-electron chi connectivity index (χ0n) is 11.1. The number of carboxylic acid groups (broad SMARTS) is 1. The predicted molar refractivity (Wildman–Crippen MR) is 68.3 cm³/mol. The monoisotopic (exact) mass is 252 g/mol. The van der Waals surface area contributed by atoms with E-state index in [1.165, 1.54) is 0 Å². The zero-order chi connectivity index (χ0) is 13.7. The molecule has 0 saturated carbocycles. The fourth-order valence-corrected chi connectivity index (χ4v) is 1.80. The molecule has 1 aromatic rings. The Kier molecular flexibility index (Phi) is 5.09. The number of aliphatic carboxylic acids is 1. The van der Waals surface area contributed by atoms with Crippen molar-refractivity contribution in [1.29, 1.82) is 0 Å². The third kappa shape index (κ3) is 3.70. The van der Waals surface area contributed by atoms with Crippen molar-refractivity contribution in [3.05, 3.63) is 29.7 Å². The van der Waals surface area contributed by atoms with Gasteiger partial charge in [0.05, 0.1) is 11.6 Å². The van der Waals surface area contributed by atoms with E-state index >= 15 is 0 Å². The molecule has 1 heterocycles. The predicted octanol–water partition coefficient (Wildman–Crippen LogP) is 2.00. The van der Waals surface area contributed by atoms with Gasteiger partial charge in [0, 0.05) is 25.2 Å². The van der Waals surface area contributed by atoms with Crippen molar-refractivity contribution < 1.29 is 14.4 Å². The second kappa shape index (κ2) is 6.35. The van der Waals surface area contributed by atoms with Crippen LogP contribution >= 0.6 is 0 Å². The Labute approximate surface area is 107 Å². The Bertz CT molecular complexity index is 406. The quantitative estimate of drug-likeness (QED) is 0.752. The normalized spacial score (nSPS) is 12.7. The summed E-state index contributed by atoms with van der Waals surface area (Å²) in [6.07, 6.45) is 1.77. The molecule has 1 aromatic heterocycles. The first-order valence-electron chi connectivity index (χ1n) is 5.93. The Hall–Kier alpha value is -1.62. The second-order valence-electron chi connectivity index (χ2n) is 4.52. The molecule has 1 unspecified atom stereocenters. The van der Waals surface area contributed by atoms with Gasteiger partial charge < -0.3 is 9.63 Å². The molecule has 0 aliphatic rings. The van der Waals surface area contributed by atoms with Crippen LogP contribution in [-0.4, -0.2) is 34.2 Å². The third-order valence-electron chi connectivity index (χ3n) is 2.90. The Morgan fingerprint density at radius 2 is 2.28 bits per heavy atom. The summed E-state index contributed by atoms with van der Waals surface area (Å²) in [5.41, 5.74) is 1.87. The van der Waals surface area contributed by atoms with E-state index in [2.05, 4.69) is 11.7 Å². The molecule has 0 bridgehead atoms. The van der Waals surface area contributed by atoms with Crippen LogP contribution in [0.25, 0.3) is 0 Å². The molecule has 0 aromatic carbocycles. The van der Waals surface area contributed by atoms with Crippen LogP contribution < -0.4 is 0 Å². The minimum atomic E-state index is -0.789. The van der Waals surface area contributed by atoms with Gasteiger partial charge in [-0.05, 0) is 13.8 Å². The minimum Gasteiger partial charge on any atom is -0.481 e. The summed E-state index contributed by atoms with van der Waals surface area (Å²) in [6.45, 7) is 10.9. The summed E-state index contributed by atoms with van der Waals surface area (Å²) < 4.78 is 5.11. The summed E-state index contributed by atoms with van der Waals surface area (Å²) in [7, 11) is 0. The van der Waals surface area contributed by atoms with Crippen LogP contribution in [0.5, 0.6) is 0 Å². The van der Waals surface area contributed by atoms with E-state index in [4.69, 9.17) is 9.63 Å². The van der Waals surface area contributed by atoms with E-state index in [1.54, 1.807) is 13.0 Å². The molecule has 0 aliphatic heterocycles. The summed E-state index contributed by atoms with van der Waals surface area (Å²) in [5, 5.41) is 12.9. The summed E-state index contributed by atoms with van der Waals surface area (Å²) in [4.78, 5) is 12.9. The van der Waals surface area contributed by atoms with Crippen LogP contribution in [0.2, 0.25) is 0 Å². The molecule has 1 N–H and O–H groups in total. The van der Waals surface area contributed by atoms with Crippen molar-refractivity contribution in [2.45, 2.75) is 27.3 Å². The van der Waals surface area contributed by atoms with Crippen LogP contribution in [0.3, 0.4) is 0 Å². The topological polar surface area (TPSA) is 66.6 Å². The number of hydrogen-bond donors (Lipinski definition) is 1. The van der Waals surface area contributed by atoms with Gasteiger partial charge in [-0.2, -0.15) is 0 Å². The lowest BCUT2D eigenvalue weighted by Gasteiger charge is -2.22. The van der Waals surface area contributed by atoms with Crippen molar-refractivity contribution in [2.75, 3.05) is 13.1 Å². The maximum absolute atomic E-state index is 10.9. The van der Waals surface area contributed by atoms with E-state index in [-0.39, 0.29) is 0 Å². The molecular formula is C13H20N2O3. The second-order valence-corrected chi connectivity index (χ2v) is 4.52. The average Bonchev–Trinajstić information content (AvgIpc) is 2.60. The maximum atomic E-state index is 10.9. The van der Waals surface area contributed by atoms with Crippen LogP contribution in [0.15, 0.2) is 17.2 Å². The Morgan fingerprint density at radius 1 is 1.61 bits per heavy atom. The molecule has 0 aliphatic carbocycles. The first kappa shape index (κ1) is 14.4. The van der Waals surface area contributed by atoms with Crippen molar-refractivity contribution in [2.24, 2.45) is 5.92 Å². The van der Waals surface area contributed by atoms with Crippen LogP contribution in [-0.2, 0) is 11.3 Å². The molecule has 0 saturated heterocycles. The first-order valence-corrected chi connectivity index (χ1v) is 5.93. The van der Waals surface area contributed by atoms with E-state index in [0.717, 1.165) is 17.0 Å². The zero-order valence-corrected chi connectivity index (χ0v) is 11.1. The lowest BCUT2D eigenvalue weighted by molar-refractivity contribution is -0.141. The Balaban J connectivity index is 2.74. The minimum absolute atomic E-state index is 0.412. The van der Waals surface area contributed by atoms with Crippen LogP contribution in [0, 0.1) is 19.8 Å². The molecule has 0 spiro atoms. The number of carbonyl (C=O) groups is 1. The first-order chi connectivity index (χ1) is 8.45. The summed E-state index contributed by atoms with van der Waals surface area (Å²) >= 11 is 0. The van der Waals surface area contributed by atoms with Gasteiger partial charge >= 0.3 is 5.97 Å². The van der Waals surface area contributed by atoms with E-state index < -0.39 is 11.9 Å². The molecule has 18 heavy (non-hydrogen) atoms. The molecule has 0 radical (unpaired) electrons. The highest BCUT2D eigenvalue weighted by atomic mass is 16.5. The molecule has 5 nitrogen and oxygen atoms in total. The van der Waals surface area contributed by atoms with E-state index in [1.807, 2.05) is 18.7 Å². The maximum Gasteiger partial charge on any atom is 0.307 e. The highest BCUT2D eigenvalue weighted by molar-refractivity contribution is 5.69. The average molecular weight is 252 g/mol. The molecule has 0 fully saturated rings. The summed E-state index contributed by atoms with van der Waals surface area (Å²) in [5.74, 6) is -0.419. The van der Waals surface area contributed by atoms with Gasteiger partial charge in [-0.15, -0.1) is 6.58 Å². The van der Waals surface area contributed by atoms with Gasteiger partial charge in [0.25, 0.3) is 0 Å². The molecule has 100 valence electrons. The van der Waals surface area contributed by atoms with E-state index in [9.17, 15) is 4.79 Å². The van der Waals surface area contributed by atoms with Gasteiger partial charge in [0.15, 0.2) is 0 Å². The van der Waals surface area contributed by atoms with E-state index in [0.29, 0.717) is 19.6 Å². The Morgan fingerprint density at radius 3 is 2.72 bits per heavy atom. The standard InChI is InChI=1S/C13H20N2O3/c1-5-6-15(7-9(2)13(16)17)8-12-10(3)14-18-11(12)4/h5,9H,1,6-8H2,2-4H3,(H,16,17). The van der Waals surface area contributed by atoms with Crippen LogP contribution in [0.4, 0.5) is 0 Å². The van der Waals surface area contributed by atoms with Gasteiger partial charge in [-0.25, -0.2) is 0 Å². The SMILES string of the molecule is C=CCN(Cc1c(C)noc1C)CC(C)C(=O)O. The molecule has 1 atom stereocenters. The molecule has 1 rings (SSSR count). The number of aromatic nitrogens is 1. The number of aryl methyl sites for hydroxylation is 2. The smallest absolute Gasteiger partial charge is 0.307 e. The highest BCUT2D eigenvalue weighted by Crippen LogP contribution is 2.15. The van der Waals surface area contributed by atoms with Gasteiger partial charge in [0.1, 0.15) is 5.76 Å². The number of nitrogens with zero attached hydrogens (tertiary/aromatic N) is 2. The van der Waals surface area contributed by atoms with Crippen molar-refractivity contribution in [3.63, 3.8) is 0 Å². The van der Waals surface area contributed by atoms with Gasteiger partial charge in [-0.1, -0.05) is 18.2 Å². The third-order valence-corrected chi connectivity index (χ3v) is 2.90.